The minimum Gasteiger partial charge on any atom is -0.490 e. The van der Waals surface area contributed by atoms with Crippen LogP contribution in [0.25, 0.3) is 16.1 Å². The molecule has 1 atom stereocenters. The van der Waals surface area contributed by atoms with Crippen molar-refractivity contribution in [1.82, 2.24) is 10.3 Å². The monoisotopic (exact) mass is 433 g/mol. The third kappa shape index (κ3) is 4.64. The van der Waals surface area contributed by atoms with E-state index in [1.54, 1.807) is 11.3 Å². The Labute approximate surface area is 187 Å². The highest BCUT2D eigenvalue weighted by Gasteiger charge is 2.28. The van der Waals surface area contributed by atoms with Crippen LogP contribution >= 0.6 is 11.3 Å². The number of benzene rings is 1. The van der Waals surface area contributed by atoms with Crippen LogP contribution in [0.3, 0.4) is 0 Å². The first kappa shape index (κ1) is 21.5. The van der Waals surface area contributed by atoms with Crippen molar-refractivity contribution in [1.29, 1.82) is 5.26 Å². The highest BCUT2D eigenvalue weighted by atomic mass is 32.1. The third-order valence-electron chi connectivity index (χ3n) is 5.52. The summed E-state index contributed by atoms with van der Waals surface area (Å²) in [5.41, 5.74) is 5.52. The molecular weight excluding hydrogens is 406 g/mol. The molecular formula is C25H27N3O2S. The van der Waals surface area contributed by atoms with E-state index >= 15 is 0 Å². The number of hydrogen-bond acceptors (Lipinski definition) is 6. The van der Waals surface area contributed by atoms with Gasteiger partial charge in [-0.1, -0.05) is 18.2 Å². The van der Waals surface area contributed by atoms with Gasteiger partial charge in [-0.15, -0.1) is 11.3 Å². The van der Waals surface area contributed by atoms with Gasteiger partial charge in [-0.25, -0.2) is 4.98 Å². The fourth-order valence-electron chi connectivity index (χ4n) is 4.18. The molecule has 0 aliphatic heterocycles. The lowest BCUT2D eigenvalue weighted by Crippen LogP contribution is -2.30. The van der Waals surface area contributed by atoms with Crippen molar-refractivity contribution < 1.29 is 9.84 Å². The Balaban J connectivity index is 1.64. The molecule has 0 saturated heterocycles. The number of nitrogens with zero attached hydrogens (tertiary/aromatic N) is 2. The fourth-order valence-corrected chi connectivity index (χ4v) is 5.17. The number of nitrogens with one attached hydrogen (secondary N) is 1. The predicted molar refractivity (Wildman–Crippen MR) is 125 cm³/mol. The zero-order chi connectivity index (χ0) is 21.8. The number of hydrogen-bond donors (Lipinski definition) is 2. The molecule has 1 heterocycles. The van der Waals surface area contributed by atoms with Gasteiger partial charge in [0.05, 0.1) is 23.2 Å². The Morgan fingerprint density at radius 1 is 1.35 bits per heavy atom. The van der Waals surface area contributed by atoms with E-state index in [1.807, 2.05) is 38.2 Å². The zero-order valence-corrected chi connectivity index (χ0v) is 18.7. The summed E-state index contributed by atoms with van der Waals surface area (Å²) in [4.78, 5) is 5.86. The van der Waals surface area contributed by atoms with E-state index in [1.165, 1.54) is 21.6 Å². The quantitative estimate of drug-likeness (QED) is 0.652. The topological polar surface area (TPSA) is 78.2 Å². The molecule has 1 saturated carbocycles. The summed E-state index contributed by atoms with van der Waals surface area (Å²) in [7, 11) is 0. The Bertz CT molecular complexity index is 1090. The lowest BCUT2D eigenvalue weighted by Gasteiger charge is -2.14. The number of aliphatic hydroxyl groups excluding tert-OH is 1. The molecule has 2 N–H and O–H groups in total. The van der Waals surface area contributed by atoms with Gasteiger partial charge in [0.25, 0.3) is 0 Å². The van der Waals surface area contributed by atoms with Crippen molar-refractivity contribution in [2.24, 2.45) is 0 Å². The molecule has 1 aromatic heterocycles. The lowest BCUT2D eigenvalue weighted by atomic mass is 10.00. The maximum atomic E-state index is 9.54. The standard InChI is InChI=1S/C25H27N3O2S/c1-16(2)30-23-10-7-17(13-18(23)14-26)25-28-15-24(31-25)21-6-4-3-5-20-19(21)8-9-22(20)27-11-12-29/h3-5,7,10,13,15-16,22,27,29H,6,8-9,11-12H2,1-2H3. The number of allylic oxidation sites excluding steroid dienone is 4. The van der Waals surface area contributed by atoms with E-state index in [0.29, 0.717) is 23.9 Å². The molecule has 2 aliphatic carbocycles. The van der Waals surface area contributed by atoms with Crippen LogP contribution in [0.1, 0.15) is 43.6 Å². The Hall–Kier alpha value is -2.72. The lowest BCUT2D eigenvalue weighted by molar-refractivity contribution is 0.242. The first-order chi connectivity index (χ1) is 15.1. The van der Waals surface area contributed by atoms with E-state index in [-0.39, 0.29) is 12.7 Å². The minimum absolute atomic E-state index is 0.0190. The molecule has 4 rings (SSSR count). The van der Waals surface area contributed by atoms with Gasteiger partial charge in [-0.2, -0.15) is 5.26 Å². The highest BCUT2D eigenvalue weighted by molar-refractivity contribution is 7.16. The van der Waals surface area contributed by atoms with Crippen molar-refractivity contribution in [3.8, 4) is 22.4 Å². The van der Waals surface area contributed by atoms with E-state index in [9.17, 15) is 10.4 Å². The molecule has 1 aromatic carbocycles. The van der Waals surface area contributed by atoms with Crippen molar-refractivity contribution in [2.45, 2.75) is 45.3 Å². The molecule has 0 radical (unpaired) electrons. The van der Waals surface area contributed by atoms with Crippen LogP contribution in [-0.2, 0) is 0 Å². The van der Waals surface area contributed by atoms with Gasteiger partial charge in [0, 0.05) is 24.3 Å². The maximum Gasteiger partial charge on any atom is 0.137 e. The van der Waals surface area contributed by atoms with E-state index in [0.717, 1.165) is 29.8 Å². The molecule has 2 aliphatic rings. The number of thiazole rings is 1. The third-order valence-corrected chi connectivity index (χ3v) is 6.63. The number of aromatic nitrogens is 1. The zero-order valence-electron chi connectivity index (χ0n) is 17.9. The summed E-state index contributed by atoms with van der Waals surface area (Å²) >= 11 is 1.67. The SMILES string of the molecule is CC(C)Oc1ccc(-c2ncc(C3=C4CCC(NCCO)C4=CC=CC3)s2)cc1C#N. The van der Waals surface area contributed by atoms with Crippen LogP contribution in [0.4, 0.5) is 0 Å². The summed E-state index contributed by atoms with van der Waals surface area (Å²) in [5.74, 6) is 0.610. The Morgan fingerprint density at radius 2 is 2.23 bits per heavy atom. The van der Waals surface area contributed by atoms with E-state index < -0.39 is 0 Å². The first-order valence-electron chi connectivity index (χ1n) is 10.7. The first-order valence-corrected chi connectivity index (χ1v) is 11.5. The second-order valence-corrected chi connectivity index (χ2v) is 9.03. The number of fused-ring (bicyclic) bond motifs is 1. The molecule has 160 valence electrons. The molecule has 1 fully saturated rings. The highest BCUT2D eigenvalue weighted by Crippen LogP contribution is 2.42. The average molecular weight is 434 g/mol. The maximum absolute atomic E-state index is 9.54. The summed E-state index contributed by atoms with van der Waals surface area (Å²) < 4.78 is 5.74. The van der Waals surface area contributed by atoms with Crippen LogP contribution in [-0.4, -0.2) is 35.4 Å². The largest absolute Gasteiger partial charge is 0.490 e. The van der Waals surface area contributed by atoms with Gasteiger partial charge >= 0.3 is 0 Å². The number of nitriles is 1. The molecule has 0 amide bonds. The number of aliphatic hydroxyl groups is 1. The van der Waals surface area contributed by atoms with Crippen LogP contribution in [0.15, 0.2) is 53.8 Å². The van der Waals surface area contributed by atoms with Gasteiger partial charge in [0.1, 0.15) is 16.8 Å². The molecule has 6 heteroatoms. The molecule has 5 nitrogen and oxygen atoms in total. The Morgan fingerprint density at radius 3 is 3.00 bits per heavy atom. The molecule has 0 spiro atoms. The minimum atomic E-state index is 0.0190. The van der Waals surface area contributed by atoms with E-state index in [2.05, 4.69) is 34.6 Å². The summed E-state index contributed by atoms with van der Waals surface area (Å²) in [6.45, 7) is 4.66. The predicted octanol–water partition coefficient (Wildman–Crippen LogP) is 4.85. The van der Waals surface area contributed by atoms with Crippen LogP contribution in [0.2, 0.25) is 0 Å². The van der Waals surface area contributed by atoms with Crippen LogP contribution < -0.4 is 10.1 Å². The molecule has 1 unspecified atom stereocenters. The van der Waals surface area contributed by atoms with Gasteiger partial charge in [-0.05, 0) is 68.0 Å². The summed E-state index contributed by atoms with van der Waals surface area (Å²) in [6, 6.07) is 8.23. The molecule has 2 aromatic rings. The fraction of sp³-hybridized carbons (Fsp3) is 0.360. The molecule has 31 heavy (non-hydrogen) atoms. The average Bonchev–Trinajstić information content (AvgIpc) is 3.35. The van der Waals surface area contributed by atoms with Gasteiger partial charge in [0.2, 0.25) is 0 Å². The van der Waals surface area contributed by atoms with Crippen molar-refractivity contribution in [3.63, 3.8) is 0 Å². The van der Waals surface area contributed by atoms with Crippen LogP contribution in [0, 0.1) is 11.3 Å². The van der Waals surface area contributed by atoms with Gasteiger partial charge in [-0.3, -0.25) is 0 Å². The van der Waals surface area contributed by atoms with Crippen LogP contribution in [0.5, 0.6) is 5.75 Å². The second kappa shape index (κ2) is 9.61. The van der Waals surface area contributed by atoms with Crippen molar-refractivity contribution >= 4 is 16.9 Å². The summed E-state index contributed by atoms with van der Waals surface area (Å²) in [6.07, 6.45) is 11.5. The Kier molecular flexibility index (Phi) is 6.67. The van der Waals surface area contributed by atoms with E-state index in [4.69, 9.17) is 4.74 Å². The smallest absolute Gasteiger partial charge is 0.137 e. The number of rotatable bonds is 7. The van der Waals surface area contributed by atoms with Gasteiger partial charge in [0.15, 0.2) is 0 Å². The van der Waals surface area contributed by atoms with Crippen molar-refractivity contribution in [2.75, 3.05) is 13.2 Å². The van der Waals surface area contributed by atoms with Crippen molar-refractivity contribution in [3.05, 3.63) is 64.2 Å². The summed E-state index contributed by atoms with van der Waals surface area (Å²) in [5, 5.41) is 23.1. The second-order valence-electron chi connectivity index (χ2n) is 8.00. The molecule has 0 bridgehead atoms. The number of ether oxygens (including phenoxy) is 1. The normalized spacial score (nSPS) is 18.0. The van der Waals surface area contributed by atoms with Gasteiger partial charge < -0.3 is 15.2 Å².